The Kier molecular flexibility index (Phi) is 2.95. The highest BCUT2D eigenvalue weighted by Crippen LogP contribution is 2.24. The Labute approximate surface area is 89.7 Å². The number of carbonyl (C=O) groups is 1. The first-order valence-corrected chi connectivity index (χ1v) is 5.32. The molecule has 0 radical (unpaired) electrons. The Morgan fingerprint density at radius 2 is 2.53 bits per heavy atom. The van der Waals surface area contributed by atoms with Crippen molar-refractivity contribution >= 4 is 5.91 Å². The van der Waals surface area contributed by atoms with Crippen molar-refractivity contribution in [3.05, 3.63) is 0 Å². The quantitative estimate of drug-likeness (QED) is 0.692. The van der Waals surface area contributed by atoms with Gasteiger partial charge < -0.3 is 14.4 Å². The molecule has 2 atom stereocenters. The second-order valence-electron chi connectivity index (χ2n) is 4.31. The number of ether oxygens (including phenoxy) is 2. The first-order valence-electron chi connectivity index (χ1n) is 5.32. The lowest BCUT2D eigenvalue weighted by Crippen LogP contribution is -2.46. The van der Waals surface area contributed by atoms with Gasteiger partial charge in [0.15, 0.2) is 0 Å². The molecule has 5 nitrogen and oxygen atoms in total. The molecule has 0 bridgehead atoms. The molecule has 2 fully saturated rings. The predicted molar refractivity (Wildman–Crippen MR) is 54.4 cm³/mol. The Bertz CT molecular complexity index is 251. The minimum absolute atomic E-state index is 0.0683. The van der Waals surface area contributed by atoms with E-state index in [2.05, 4.69) is 5.32 Å². The van der Waals surface area contributed by atoms with Gasteiger partial charge in [-0.15, -0.1) is 0 Å². The molecule has 5 heteroatoms. The number of nitrogens with zero attached hydrogens (tertiary/aromatic N) is 1. The van der Waals surface area contributed by atoms with Crippen molar-refractivity contribution in [3.8, 4) is 0 Å². The number of rotatable bonds is 3. The van der Waals surface area contributed by atoms with Crippen molar-refractivity contribution in [1.29, 1.82) is 0 Å². The van der Waals surface area contributed by atoms with Gasteiger partial charge in [0.05, 0.1) is 25.9 Å². The number of amides is 1. The van der Waals surface area contributed by atoms with Gasteiger partial charge >= 0.3 is 0 Å². The van der Waals surface area contributed by atoms with Gasteiger partial charge in [0, 0.05) is 20.1 Å². The van der Waals surface area contributed by atoms with Crippen molar-refractivity contribution in [1.82, 2.24) is 10.2 Å². The van der Waals surface area contributed by atoms with E-state index in [1.165, 1.54) is 0 Å². The number of hydrogen-bond acceptors (Lipinski definition) is 4. The van der Waals surface area contributed by atoms with Crippen LogP contribution in [-0.2, 0) is 14.3 Å². The highest BCUT2D eigenvalue weighted by atomic mass is 16.5. The van der Waals surface area contributed by atoms with Crippen molar-refractivity contribution in [2.24, 2.45) is 0 Å². The molecule has 2 aliphatic rings. The molecule has 2 unspecified atom stereocenters. The average molecular weight is 214 g/mol. The van der Waals surface area contributed by atoms with Crippen molar-refractivity contribution in [3.63, 3.8) is 0 Å². The first kappa shape index (κ1) is 10.9. The van der Waals surface area contributed by atoms with Gasteiger partial charge in [-0.3, -0.25) is 10.1 Å². The molecule has 0 spiro atoms. The summed E-state index contributed by atoms with van der Waals surface area (Å²) in [6.07, 6.45) is 0.863. The van der Waals surface area contributed by atoms with E-state index in [9.17, 15) is 4.79 Å². The van der Waals surface area contributed by atoms with Crippen molar-refractivity contribution in [2.75, 3.05) is 33.5 Å². The largest absolute Gasteiger partial charge is 0.378 e. The summed E-state index contributed by atoms with van der Waals surface area (Å²) in [4.78, 5) is 13.5. The SMILES string of the molecule is COC1(CN2CNC(C)C2=O)CCOC1. The highest BCUT2D eigenvalue weighted by molar-refractivity contribution is 5.83. The summed E-state index contributed by atoms with van der Waals surface area (Å²) in [5, 5.41) is 3.11. The third kappa shape index (κ3) is 2.00. The maximum absolute atomic E-state index is 11.7. The lowest BCUT2D eigenvalue weighted by atomic mass is 10.0. The molecule has 15 heavy (non-hydrogen) atoms. The number of nitrogens with one attached hydrogen (secondary N) is 1. The Hall–Kier alpha value is -0.650. The predicted octanol–water partition coefficient (Wildman–Crippen LogP) is -0.430. The molecular weight excluding hydrogens is 196 g/mol. The summed E-state index contributed by atoms with van der Waals surface area (Å²) >= 11 is 0. The third-order valence-electron chi connectivity index (χ3n) is 3.25. The topological polar surface area (TPSA) is 50.8 Å². The molecule has 0 aliphatic carbocycles. The number of carbonyl (C=O) groups excluding carboxylic acids is 1. The molecule has 0 aromatic heterocycles. The average Bonchev–Trinajstić information content (AvgIpc) is 2.82. The van der Waals surface area contributed by atoms with Crippen LogP contribution in [0.4, 0.5) is 0 Å². The van der Waals surface area contributed by atoms with Crippen LogP contribution < -0.4 is 5.32 Å². The standard InChI is InChI=1S/C10H18N2O3/c1-8-9(13)12(7-11-8)5-10(14-2)3-4-15-6-10/h8,11H,3-7H2,1-2H3. The summed E-state index contributed by atoms with van der Waals surface area (Å²) in [6.45, 7) is 4.43. The van der Waals surface area contributed by atoms with Crippen LogP contribution in [0.1, 0.15) is 13.3 Å². The summed E-state index contributed by atoms with van der Waals surface area (Å²) in [7, 11) is 1.69. The molecule has 86 valence electrons. The Morgan fingerprint density at radius 1 is 1.73 bits per heavy atom. The van der Waals surface area contributed by atoms with Gasteiger partial charge in [-0.1, -0.05) is 0 Å². The van der Waals surface area contributed by atoms with Crippen molar-refractivity contribution < 1.29 is 14.3 Å². The minimum atomic E-state index is -0.290. The van der Waals surface area contributed by atoms with E-state index in [1.54, 1.807) is 7.11 Å². The maximum atomic E-state index is 11.7. The van der Waals surface area contributed by atoms with Gasteiger partial charge in [0.2, 0.25) is 5.91 Å². The number of hydrogen-bond donors (Lipinski definition) is 1. The smallest absolute Gasteiger partial charge is 0.240 e. The van der Waals surface area contributed by atoms with E-state index in [0.717, 1.165) is 13.0 Å². The maximum Gasteiger partial charge on any atom is 0.240 e. The third-order valence-corrected chi connectivity index (χ3v) is 3.25. The molecule has 2 saturated heterocycles. The van der Waals surface area contributed by atoms with Crippen LogP contribution in [0.25, 0.3) is 0 Å². The molecule has 2 rings (SSSR count). The van der Waals surface area contributed by atoms with Crippen molar-refractivity contribution in [2.45, 2.75) is 25.0 Å². The molecule has 1 N–H and O–H groups in total. The van der Waals surface area contributed by atoms with Crippen LogP contribution in [0.2, 0.25) is 0 Å². The Morgan fingerprint density at radius 3 is 3.00 bits per heavy atom. The second kappa shape index (κ2) is 4.08. The molecule has 2 aliphatic heterocycles. The monoisotopic (exact) mass is 214 g/mol. The lowest BCUT2D eigenvalue weighted by Gasteiger charge is -2.30. The van der Waals surface area contributed by atoms with E-state index < -0.39 is 0 Å². The van der Waals surface area contributed by atoms with Crippen LogP contribution in [0, 0.1) is 0 Å². The fourth-order valence-electron chi connectivity index (χ4n) is 2.11. The number of methoxy groups -OCH3 is 1. The van der Waals surface area contributed by atoms with E-state index in [0.29, 0.717) is 19.8 Å². The zero-order valence-electron chi connectivity index (χ0n) is 9.28. The first-order chi connectivity index (χ1) is 7.17. The fourth-order valence-corrected chi connectivity index (χ4v) is 2.11. The van der Waals surface area contributed by atoms with Crippen LogP contribution in [0.5, 0.6) is 0 Å². The van der Waals surface area contributed by atoms with Gasteiger partial charge in [0.1, 0.15) is 5.60 Å². The summed E-state index contributed by atoms with van der Waals surface area (Å²) < 4.78 is 10.8. The van der Waals surface area contributed by atoms with Gasteiger partial charge in [-0.05, 0) is 6.92 Å². The second-order valence-corrected chi connectivity index (χ2v) is 4.31. The van der Waals surface area contributed by atoms with E-state index >= 15 is 0 Å². The molecule has 0 aromatic rings. The van der Waals surface area contributed by atoms with Crippen LogP contribution in [0.3, 0.4) is 0 Å². The summed E-state index contributed by atoms with van der Waals surface area (Å²) in [5.41, 5.74) is -0.290. The van der Waals surface area contributed by atoms with Gasteiger partial charge in [-0.25, -0.2) is 0 Å². The Balaban J connectivity index is 1.98. The summed E-state index contributed by atoms with van der Waals surface area (Å²) in [6, 6.07) is -0.0683. The zero-order valence-corrected chi connectivity index (χ0v) is 9.28. The van der Waals surface area contributed by atoms with E-state index in [-0.39, 0.29) is 17.6 Å². The molecular formula is C10H18N2O3. The molecule has 1 amide bonds. The van der Waals surface area contributed by atoms with Crippen LogP contribution in [0.15, 0.2) is 0 Å². The molecule has 2 heterocycles. The zero-order chi connectivity index (χ0) is 10.9. The summed E-state index contributed by atoms with van der Waals surface area (Å²) in [5.74, 6) is 0.151. The lowest BCUT2D eigenvalue weighted by molar-refractivity contribution is -0.132. The van der Waals surface area contributed by atoms with Gasteiger partial charge in [0.25, 0.3) is 0 Å². The highest BCUT2D eigenvalue weighted by Gasteiger charge is 2.40. The van der Waals surface area contributed by atoms with Crippen LogP contribution in [-0.4, -0.2) is 56.0 Å². The van der Waals surface area contributed by atoms with E-state index in [4.69, 9.17) is 9.47 Å². The minimum Gasteiger partial charge on any atom is -0.378 e. The van der Waals surface area contributed by atoms with E-state index in [1.807, 2.05) is 11.8 Å². The molecule has 0 aromatic carbocycles. The van der Waals surface area contributed by atoms with Crippen LogP contribution >= 0.6 is 0 Å². The fraction of sp³-hybridized carbons (Fsp3) is 0.900. The van der Waals surface area contributed by atoms with Gasteiger partial charge in [-0.2, -0.15) is 0 Å². The normalized spacial score (nSPS) is 36.5. The molecule has 0 saturated carbocycles.